The molecule has 17 nitrogen and oxygen atoms in total. The van der Waals surface area contributed by atoms with Gasteiger partial charge in [-0.15, -0.1) is 0 Å². The lowest BCUT2D eigenvalue weighted by atomic mass is 10.0. The number of aliphatic hydroxyl groups is 1. The van der Waals surface area contributed by atoms with Crippen molar-refractivity contribution in [2.24, 2.45) is 11.8 Å². The average Bonchev–Trinajstić information content (AvgIpc) is 0.901. The first-order valence-electron chi connectivity index (χ1n) is 45.5. The van der Waals surface area contributed by atoms with Gasteiger partial charge in [-0.1, -0.05) is 420 Å². The summed E-state index contributed by atoms with van der Waals surface area (Å²) in [7, 11) is -9.93. The molecule has 0 rings (SSSR count). The summed E-state index contributed by atoms with van der Waals surface area (Å²) in [4.78, 5) is 73.3. The van der Waals surface area contributed by atoms with Crippen molar-refractivity contribution in [2.75, 3.05) is 39.6 Å². The smallest absolute Gasteiger partial charge is 0.462 e. The highest BCUT2D eigenvalue weighted by molar-refractivity contribution is 7.47. The first-order chi connectivity index (χ1) is 51.9. The number of ether oxygens (including phenoxy) is 4. The van der Waals surface area contributed by atoms with Gasteiger partial charge in [0.25, 0.3) is 0 Å². The van der Waals surface area contributed by atoms with Crippen LogP contribution in [0.4, 0.5) is 0 Å². The topological polar surface area (TPSA) is 237 Å². The summed E-state index contributed by atoms with van der Waals surface area (Å²) < 4.78 is 69.0. The van der Waals surface area contributed by atoms with Crippen LogP contribution in [0.1, 0.15) is 472 Å². The minimum Gasteiger partial charge on any atom is -0.462 e. The van der Waals surface area contributed by atoms with Crippen LogP contribution in [-0.4, -0.2) is 96.7 Å². The van der Waals surface area contributed by atoms with Crippen molar-refractivity contribution in [3.63, 3.8) is 0 Å². The molecular weight excluding hydrogens is 1390 g/mol. The highest BCUT2D eigenvalue weighted by atomic mass is 31.2. The molecule has 0 aliphatic heterocycles. The van der Waals surface area contributed by atoms with Gasteiger partial charge < -0.3 is 33.8 Å². The summed E-state index contributed by atoms with van der Waals surface area (Å²) in [5.41, 5.74) is 0. The number of phosphoric ester groups is 2. The number of carbonyl (C=O) groups is 4. The molecule has 0 saturated carbocycles. The van der Waals surface area contributed by atoms with Gasteiger partial charge in [0.05, 0.1) is 26.4 Å². The van der Waals surface area contributed by atoms with Gasteiger partial charge in [-0.2, -0.15) is 0 Å². The fourth-order valence-corrected chi connectivity index (χ4v) is 15.4. The normalized spacial score (nSPS) is 13.8. The lowest BCUT2D eigenvalue weighted by molar-refractivity contribution is -0.161. The predicted molar refractivity (Wildman–Crippen MR) is 442 cm³/mol. The first-order valence-corrected chi connectivity index (χ1v) is 48.5. The molecule has 0 spiro atoms. The number of hydrogen-bond acceptors (Lipinski definition) is 15. The zero-order valence-electron chi connectivity index (χ0n) is 70.5. The van der Waals surface area contributed by atoms with E-state index >= 15 is 0 Å². The molecule has 0 fully saturated rings. The Morgan fingerprint density at radius 2 is 0.430 bits per heavy atom. The number of phosphoric acid groups is 2. The van der Waals surface area contributed by atoms with Crippen molar-refractivity contribution in [2.45, 2.75) is 490 Å². The van der Waals surface area contributed by atoms with Gasteiger partial charge in [0.2, 0.25) is 0 Å². The number of rotatable bonds is 87. The quantitative estimate of drug-likeness (QED) is 0.0222. The summed E-state index contributed by atoms with van der Waals surface area (Å²) >= 11 is 0. The molecule has 0 saturated heterocycles. The fourth-order valence-electron chi connectivity index (χ4n) is 13.8. The molecule has 0 aliphatic rings. The van der Waals surface area contributed by atoms with Gasteiger partial charge in [-0.25, -0.2) is 9.13 Å². The maximum absolute atomic E-state index is 13.2. The SMILES string of the molecule is CCCCCCCCCCCCCCCCCCCCCC(=O)OC[C@H](COP(=O)(O)OC[C@@H](O)COP(=O)(O)OC[C@@H](COC(=O)CCCCCCCCCCCCC)OC(=O)CCCCCCCCCCCCCCCC(C)C)OC(=O)CCCCCCCCCCCCCCCCCCCCC(C)C. The largest absolute Gasteiger partial charge is 0.472 e. The van der Waals surface area contributed by atoms with Crippen LogP contribution in [0.5, 0.6) is 0 Å². The Bertz CT molecular complexity index is 2050. The second-order valence-corrected chi connectivity index (χ2v) is 35.5. The summed E-state index contributed by atoms with van der Waals surface area (Å²) in [6.07, 6.45) is 72.2. The van der Waals surface area contributed by atoms with Crippen LogP contribution in [0, 0.1) is 11.8 Å². The number of unbranched alkanes of at least 4 members (excludes halogenated alkanes) is 57. The third-order valence-corrected chi connectivity index (χ3v) is 22.6. The summed E-state index contributed by atoms with van der Waals surface area (Å²) in [5, 5.41) is 10.7. The van der Waals surface area contributed by atoms with Crippen molar-refractivity contribution in [3.8, 4) is 0 Å². The minimum absolute atomic E-state index is 0.108. The van der Waals surface area contributed by atoms with Crippen LogP contribution >= 0.6 is 15.6 Å². The molecule has 0 radical (unpaired) electrons. The molecule has 0 heterocycles. The Morgan fingerprint density at radius 1 is 0.252 bits per heavy atom. The summed E-state index contributed by atoms with van der Waals surface area (Å²) in [6.45, 7) is 9.73. The highest BCUT2D eigenvalue weighted by Gasteiger charge is 2.30. The van der Waals surface area contributed by atoms with E-state index in [1.807, 2.05) is 0 Å². The number of hydrogen-bond donors (Lipinski definition) is 3. The molecule has 0 amide bonds. The third kappa shape index (κ3) is 81.9. The molecule has 3 N–H and O–H groups in total. The standard InChI is InChI=1S/C88H172O17P2/c1-7-9-11-13-15-17-19-20-21-22-23-27-30-35-41-47-53-59-65-71-86(91)99-77-84(105-87(92)72-66-60-54-48-42-36-31-28-25-24-26-29-33-39-44-50-56-62-68-80(3)4)79-103-107(96,97)101-75-82(89)74-100-106(94,95)102-78-83(76-98-85(90)70-64-58-52-46-38-18-16-14-12-10-8-2)104-88(93)73-67-61-55-49-43-37-32-34-40-45-51-57-63-69-81(5)6/h80-84,89H,7-79H2,1-6H3,(H,94,95)(H,96,97)/t82-,83+,84+/m0/s1. The molecule has 107 heavy (non-hydrogen) atoms. The van der Waals surface area contributed by atoms with E-state index in [0.717, 1.165) is 102 Å². The van der Waals surface area contributed by atoms with Crippen molar-refractivity contribution in [3.05, 3.63) is 0 Å². The van der Waals surface area contributed by atoms with Gasteiger partial charge in [-0.3, -0.25) is 37.3 Å². The van der Waals surface area contributed by atoms with E-state index < -0.39 is 97.5 Å². The van der Waals surface area contributed by atoms with E-state index in [1.54, 1.807) is 0 Å². The Balaban J connectivity index is 5.24. The molecule has 0 bridgehead atoms. The van der Waals surface area contributed by atoms with Crippen LogP contribution in [0.3, 0.4) is 0 Å². The molecule has 0 aromatic carbocycles. The zero-order valence-corrected chi connectivity index (χ0v) is 72.2. The van der Waals surface area contributed by atoms with Crippen LogP contribution in [-0.2, 0) is 65.4 Å². The van der Waals surface area contributed by atoms with Gasteiger partial charge in [0.1, 0.15) is 19.3 Å². The van der Waals surface area contributed by atoms with Gasteiger partial charge in [0.15, 0.2) is 12.2 Å². The summed E-state index contributed by atoms with van der Waals surface area (Å²) in [5.74, 6) is -0.491. The van der Waals surface area contributed by atoms with Crippen LogP contribution in [0.15, 0.2) is 0 Å². The Kier molecular flexibility index (Phi) is 77.9. The number of aliphatic hydroxyl groups excluding tert-OH is 1. The lowest BCUT2D eigenvalue weighted by Crippen LogP contribution is -2.30. The second-order valence-electron chi connectivity index (χ2n) is 32.6. The number of esters is 4. The van der Waals surface area contributed by atoms with Gasteiger partial charge >= 0.3 is 39.5 Å². The molecule has 19 heteroatoms. The van der Waals surface area contributed by atoms with Gasteiger partial charge in [-0.05, 0) is 37.5 Å². The maximum atomic E-state index is 13.2. The van der Waals surface area contributed by atoms with Crippen LogP contribution < -0.4 is 0 Å². The Hall–Kier alpha value is -1.94. The average molecular weight is 1560 g/mol. The van der Waals surface area contributed by atoms with Crippen LogP contribution in [0.25, 0.3) is 0 Å². The Morgan fingerprint density at radius 3 is 0.636 bits per heavy atom. The third-order valence-electron chi connectivity index (χ3n) is 20.7. The van der Waals surface area contributed by atoms with Gasteiger partial charge in [0, 0.05) is 25.7 Å². The van der Waals surface area contributed by atoms with E-state index in [2.05, 4.69) is 41.5 Å². The first kappa shape index (κ1) is 105. The van der Waals surface area contributed by atoms with E-state index in [1.165, 1.54) is 289 Å². The van der Waals surface area contributed by atoms with E-state index in [9.17, 15) is 43.2 Å². The molecule has 5 atom stereocenters. The van der Waals surface area contributed by atoms with Crippen molar-refractivity contribution in [1.29, 1.82) is 0 Å². The fraction of sp³-hybridized carbons (Fsp3) is 0.955. The van der Waals surface area contributed by atoms with E-state index in [-0.39, 0.29) is 25.7 Å². The molecule has 2 unspecified atom stereocenters. The maximum Gasteiger partial charge on any atom is 0.472 e. The van der Waals surface area contributed by atoms with Crippen molar-refractivity contribution >= 4 is 39.5 Å². The second kappa shape index (κ2) is 79.3. The predicted octanol–water partition coefficient (Wildman–Crippen LogP) is 27.0. The van der Waals surface area contributed by atoms with E-state index in [0.29, 0.717) is 25.7 Å². The molecular formula is C88H172O17P2. The van der Waals surface area contributed by atoms with Crippen molar-refractivity contribution in [1.82, 2.24) is 0 Å². The van der Waals surface area contributed by atoms with E-state index in [4.69, 9.17) is 37.0 Å². The lowest BCUT2D eigenvalue weighted by Gasteiger charge is -2.21. The minimum atomic E-state index is -4.97. The molecule has 636 valence electrons. The number of carbonyl (C=O) groups excluding carboxylic acids is 4. The Labute approximate surface area is 658 Å². The monoisotopic (exact) mass is 1560 g/mol. The molecule has 0 aliphatic carbocycles. The molecule has 0 aromatic rings. The highest BCUT2D eigenvalue weighted by Crippen LogP contribution is 2.45. The summed E-state index contributed by atoms with van der Waals surface area (Å²) in [6, 6.07) is 0. The molecule has 0 aromatic heterocycles. The zero-order chi connectivity index (χ0) is 78.5. The van der Waals surface area contributed by atoms with Crippen LogP contribution in [0.2, 0.25) is 0 Å². The van der Waals surface area contributed by atoms with Crippen molar-refractivity contribution < 1.29 is 80.2 Å².